The van der Waals surface area contributed by atoms with Gasteiger partial charge in [-0.25, -0.2) is 8.42 Å². The summed E-state index contributed by atoms with van der Waals surface area (Å²) in [4.78, 5) is 13.0. The Kier molecular flexibility index (Phi) is 5.73. The normalized spacial score (nSPS) is 20.3. The first-order chi connectivity index (χ1) is 14.4. The Balaban J connectivity index is 1.58. The standard InChI is InChI=1S/C23H28N2O4S/c1-16-8-9-18(15-22(16)25-12-3-4-13-30(25,27)28)23(26)24-21-7-5-6-17-14-19(29-2)10-11-20(17)21/h8-11,14-15,21H,3-7,12-13H2,1-2H3,(H,24,26)/t21-/m0/s1. The molecule has 160 valence electrons. The predicted octanol–water partition coefficient (Wildman–Crippen LogP) is 3.74. The zero-order valence-corrected chi connectivity index (χ0v) is 18.3. The van der Waals surface area contributed by atoms with E-state index in [2.05, 4.69) is 5.32 Å². The first-order valence-electron chi connectivity index (χ1n) is 10.5. The number of nitrogens with zero attached hydrogens (tertiary/aromatic N) is 1. The van der Waals surface area contributed by atoms with Crippen molar-refractivity contribution in [2.45, 2.75) is 45.1 Å². The Morgan fingerprint density at radius 3 is 2.73 bits per heavy atom. The number of sulfonamides is 1. The fourth-order valence-electron chi connectivity index (χ4n) is 4.39. The van der Waals surface area contributed by atoms with E-state index < -0.39 is 10.0 Å². The molecular weight excluding hydrogens is 400 g/mol. The molecule has 1 heterocycles. The van der Waals surface area contributed by atoms with Crippen molar-refractivity contribution in [1.29, 1.82) is 0 Å². The lowest BCUT2D eigenvalue weighted by atomic mass is 9.87. The summed E-state index contributed by atoms with van der Waals surface area (Å²) in [6, 6.07) is 11.2. The van der Waals surface area contributed by atoms with E-state index in [0.29, 0.717) is 24.2 Å². The summed E-state index contributed by atoms with van der Waals surface area (Å²) in [6.07, 6.45) is 4.36. The molecule has 7 heteroatoms. The van der Waals surface area contributed by atoms with Gasteiger partial charge < -0.3 is 10.1 Å². The molecule has 1 N–H and O–H groups in total. The number of carbonyl (C=O) groups excluding carboxylic acids is 1. The van der Waals surface area contributed by atoms with Gasteiger partial charge in [0.1, 0.15) is 5.75 Å². The molecule has 1 aliphatic heterocycles. The van der Waals surface area contributed by atoms with Gasteiger partial charge in [-0.15, -0.1) is 0 Å². The second-order valence-electron chi connectivity index (χ2n) is 8.08. The van der Waals surface area contributed by atoms with Crippen molar-refractivity contribution in [2.75, 3.05) is 23.7 Å². The molecule has 2 aliphatic rings. The quantitative estimate of drug-likeness (QED) is 0.805. The first-order valence-corrected chi connectivity index (χ1v) is 12.1. The largest absolute Gasteiger partial charge is 0.497 e. The highest BCUT2D eigenvalue weighted by molar-refractivity contribution is 7.92. The van der Waals surface area contributed by atoms with E-state index in [-0.39, 0.29) is 17.7 Å². The molecule has 0 radical (unpaired) electrons. The zero-order valence-electron chi connectivity index (χ0n) is 17.5. The lowest BCUT2D eigenvalue weighted by molar-refractivity contribution is 0.0932. The minimum Gasteiger partial charge on any atom is -0.497 e. The molecule has 0 unspecified atom stereocenters. The van der Waals surface area contributed by atoms with Gasteiger partial charge in [-0.2, -0.15) is 0 Å². The van der Waals surface area contributed by atoms with Crippen LogP contribution in [0.5, 0.6) is 5.75 Å². The maximum absolute atomic E-state index is 13.0. The van der Waals surface area contributed by atoms with Gasteiger partial charge in [0.25, 0.3) is 5.91 Å². The molecule has 0 aromatic heterocycles. The molecule has 1 aliphatic carbocycles. The Hall–Kier alpha value is -2.54. The number of carbonyl (C=O) groups is 1. The topological polar surface area (TPSA) is 75.7 Å². The van der Waals surface area contributed by atoms with Crippen LogP contribution in [0.3, 0.4) is 0 Å². The Bertz CT molecular complexity index is 1060. The van der Waals surface area contributed by atoms with Crippen LogP contribution in [-0.2, 0) is 16.4 Å². The smallest absolute Gasteiger partial charge is 0.251 e. The van der Waals surface area contributed by atoms with Gasteiger partial charge in [-0.05, 0) is 80.0 Å². The lowest BCUT2D eigenvalue weighted by Gasteiger charge is -2.30. The SMILES string of the molecule is COc1ccc2c(c1)CCC[C@@H]2NC(=O)c1ccc(C)c(N2CCCCS2(=O)=O)c1. The molecule has 30 heavy (non-hydrogen) atoms. The second kappa shape index (κ2) is 8.30. The number of aryl methyl sites for hydroxylation is 2. The van der Waals surface area contributed by atoms with E-state index in [9.17, 15) is 13.2 Å². The third kappa shape index (κ3) is 4.03. The van der Waals surface area contributed by atoms with Crippen molar-refractivity contribution in [3.05, 3.63) is 58.7 Å². The van der Waals surface area contributed by atoms with Gasteiger partial charge in [-0.3, -0.25) is 9.10 Å². The molecule has 2 aromatic rings. The van der Waals surface area contributed by atoms with E-state index in [1.807, 2.05) is 31.2 Å². The van der Waals surface area contributed by atoms with Gasteiger partial charge in [-0.1, -0.05) is 12.1 Å². The molecule has 4 rings (SSSR count). The lowest BCUT2D eigenvalue weighted by Crippen LogP contribution is -2.38. The molecule has 0 saturated carbocycles. The zero-order chi connectivity index (χ0) is 21.3. The van der Waals surface area contributed by atoms with Crippen LogP contribution in [0.15, 0.2) is 36.4 Å². The highest BCUT2D eigenvalue weighted by Gasteiger charge is 2.28. The molecule has 1 amide bonds. The van der Waals surface area contributed by atoms with Crippen molar-refractivity contribution in [2.24, 2.45) is 0 Å². The summed E-state index contributed by atoms with van der Waals surface area (Å²) in [5.74, 6) is 0.802. The second-order valence-corrected chi connectivity index (χ2v) is 10.1. The van der Waals surface area contributed by atoms with Crippen molar-refractivity contribution in [1.82, 2.24) is 5.32 Å². The van der Waals surface area contributed by atoms with Crippen LogP contribution < -0.4 is 14.4 Å². The van der Waals surface area contributed by atoms with E-state index in [4.69, 9.17) is 4.74 Å². The minimum absolute atomic E-state index is 0.0596. The van der Waals surface area contributed by atoms with Crippen molar-refractivity contribution < 1.29 is 17.9 Å². The van der Waals surface area contributed by atoms with Crippen LogP contribution in [0, 0.1) is 6.92 Å². The predicted molar refractivity (Wildman–Crippen MR) is 118 cm³/mol. The monoisotopic (exact) mass is 428 g/mol. The number of hydrogen-bond donors (Lipinski definition) is 1. The number of anilines is 1. The van der Waals surface area contributed by atoms with Crippen LogP contribution in [0.4, 0.5) is 5.69 Å². The molecular formula is C23H28N2O4S. The average Bonchev–Trinajstić information content (AvgIpc) is 2.74. The van der Waals surface area contributed by atoms with E-state index in [1.165, 1.54) is 9.87 Å². The Morgan fingerprint density at radius 1 is 1.13 bits per heavy atom. The third-order valence-electron chi connectivity index (χ3n) is 6.06. The van der Waals surface area contributed by atoms with Gasteiger partial charge in [0.2, 0.25) is 10.0 Å². The average molecular weight is 429 g/mol. The van der Waals surface area contributed by atoms with Gasteiger partial charge in [0.05, 0.1) is 24.6 Å². The third-order valence-corrected chi connectivity index (χ3v) is 7.91. The van der Waals surface area contributed by atoms with E-state index >= 15 is 0 Å². The molecule has 0 bridgehead atoms. The van der Waals surface area contributed by atoms with Gasteiger partial charge in [0, 0.05) is 12.1 Å². The number of benzene rings is 2. The van der Waals surface area contributed by atoms with Crippen molar-refractivity contribution in [3.63, 3.8) is 0 Å². The summed E-state index contributed by atoms with van der Waals surface area (Å²) in [6.45, 7) is 2.35. The summed E-state index contributed by atoms with van der Waals surface area (Å²) in [5.41, 5.74) is 4.27. The number of fused-ring (bicyclic) bond motifs is 1. The number of nitrogens with one attached hydrogen (secondary N) is 1. The molecule has 0 spiro atoms. The summed E-state index contributed by atoms with van der Waals surface area (Å²) < 4.78 is 31.9. The maximum atomic E-state index is 13.0. The first kappa shape index (κ1) is 20.7. The molecule has 1 fully saturated rings. The van der Waals surface area contributed by atoms with Crippen molar-refractivity contribution >= 4 is 21.6 Å². The molecule has 1 saturated heterocycles. The maximum Gasteiger partial charge on any atom is 0.251 e. The fourth-order valence-corrected chi connectivity index (χ4v) is 6.08. The number of ether oxygens (including phenoxy) is 1. The van der Waals surface area contributed by atoms with Crippen LogP contribution in [0.25, 0.3) is 0 Å². The van der Waals surface area contributed by atoms with E-state index in [0.717, 1.165) is 42.6 Å². The fraction of sp³-hybridized carbons (Fsp3) is 0.435. The van der Waals surface area contributed by atoms with Gasteiger partial charge >= 0.3 is 0 Å². The number of methoxy groups -OCH3 is 1. The van der Waals surface area contributed by atoms with Crippen LogP contribution in [0.1, 0.15) is 58.8 Å². The Labute approximate surface area is 178 Å². The van der Waals surface area contributed by atoms with Crippen LogP contribution in [-0.4, -0.2) is 33.7 Å². The number of rotatable bonds is 4. The van der Waals surface area contributed by atoms with Crippen molar-refractivity contribution in [3.8, 4) is 5.75 Å². The summed E-state index contributed by atoms with van der Waals surface area (Å²) >= 11 is 0. The van der Waals surface area contributed by atoms with Gasteiger partial charge in [0.15, 0.2) is 0 Å². The minimum atomic E-state index is -3.33. The van der Waals surface area contributed by atoms with E-state index in [1.54, 1.807) is 19.2 Å². The highest BCUT2D eigenvalue weighted by atomic mass is 32.2. The molecule has 6 nitrogen and oxygen atoms in total. The highest BCUT2D eigenvalue weighted by Crippen LogP contribution is 2.33. The molecule has 1 atom stereocenters. The van der Waals surface area contributed by atoms with Crippen LogP contribution in [0.2, 0.25) is 0 Å². The Morgan fingerprint density at radius 2 is 1.97 bits per heavy atom. The summed E-state index contributed by atoms with van der Waals surface area (Å²) in [7, 11) is -1.67. The van der Waals surface area contributed by atoms with Crippen LogP contribution >= 0.6 is 0 Å². The summed E-state index contributed by atoms with van der Waals surface area (Å²) in [5, 5.41) is 3.15. The number of hydrogen-bond acceptors (Lipinski definition) is 4. The number of amides is 1. The molecule has 2 aromatic carbocycles.